The maximum Gasteiger partial charge on any atom is 0.236 e. The summed E-state index contributed by atoms with van der Waals surface area (Å²) in [6, 6.07) is 0. The third-order valence-electron chi connectivity index (χ3n) is 2.47. The van der Waals surface area contributed by atoms with E-state index in [1.54, 1.807) is 11.9 Å². The van der Waals surface area contributed by atoms with Crippen molar-refractivity contribution >= 4 is 11.7 Å². The van der Waals surface area contributed by atoms with Crippen molar-refractivity contribution < 1.29 is 9.59 Å². The summed E-state index contributed by atoms with van der Waals surface area (Å²) in [4.78, 5) is 26.3. The summed E-state index contributed by atoms with van der Waals surface area (Å²) in [5.74, 6) is 0.352. The Labute approximate surface area is 84.9 Å². The number of ketones is 1. The van der Waals surface area contributed by atoms with Crippen molar-refractivity contribution in [2.75, 3.05) is 33.2 Å². The molecule has 1 saturated heterocycles. The molecule has 0 unspecified atom stereocenters. The fraction of sp³-hybridized carbons (Fsp3) is 0.800. The van der Waals surface area contributed by atoms with E-state index in [1.807, 2.05) is 11.8 Å². The average molecular weight is 198 g/mol. The molecular weight excluding hydrogens is 180 g/mol. The first-order chi connectivity index (χ1) is 6.63. The highest BCUT2D eigenvalue weighted by Crippen LogP contribution is 2.02. The second-order valence-corrected chi connectivity index (χ2v) is 3.81. The highest BCUT2D eigenvalue weighted by Gasteiger charge is 2.21. The molecule has 1 heterocycles. The molecule has 14 heavy (non-hydrogen) atoms. The first-order valence-corrected chi connectivity index (χ1v) is 5.11. The maximum atomic E-state index is 11.3. The van der Waals surface area contributed by atoms with Crippen LogP contribution in [-0.2, 0) is 9.59 Å². The predicted octanol–water partition coefficient (Wildman–Crippen LogP) is 0.130. The van der Waals surface area contributed by atoms with Crippen molar-refractivity contribution in [1.82, 2.24) is 9.80 Å². The summed E-state index contributed by atoms with van der Waals surface area (Å²) in [6.07, 6.45) is 1.51. The van der Waals surface area contributed by atoms with E-state index in [0.29, 0.717) is 19.5 Å². The van der Waals surface area contributed by atoms with Crippen LogP contribution in [0.3, 0.4) is 0 Å². The zero-order valence-electron chi connectivity index (χ0n) is 8.95. The summed E-state index contributed by atoms with van der Waals surface area (Å²) in [6.45, 7) is 4.38. The number of hydrogen-bond donors (Lipinski definition) is 0. The lowest BCUT2D eigenvalue weighted by Crippen LogP contribution is -2.49. The van der Waals surface area contributed by atoms with Crippen LogP contribution in [0.15, 0.2) is 0 Å². The fourth-order valence-corrected chi connectivity index (χ4v) is 1.55. The number of likely N-dealkylation sites (N-methyl/N-ethyl adjacent to an activating group) is 1. The van der Waals surface area contributed by atoms with E-state index in [-0.39, 0.29) is 11.7 Å². The van der Waals surface area contributed by atoms with Gasteiger partial charge in [0.2, 0.25) is 5.91 Å². The molecule has 0 aromatic heterocycles. The largest absolute Gasteiger partial charge is 0.343 e. The number of hydrogen-bond acceptors (Lipinski definition) is 3. The van der Waals surface area contributed by atoms with Crippen molar-refractivity contribution in [3.05, 3.63) is 0 Å². The van der Waals surface area contributed by atoms with Gasteiger partial charge in [0.15, 0.2) is 0 Å². The summed E-state index contributed by atoms with van der Waals surface area (Å²) in [5.41, 5.74) is 0. The summed E-state index contributed by atoms with van der Waals surface area (Å²) in [7, 11) is 1.80. The minimum absolute atomic E-state index is 0.112. The lowest BCUT2D eigenvalue weighted by Gasteiger charge is -2.31. The van der Waals surface area contributed by atoms with Gasteiger partial charge in [0.25, 0.3) is 0 Å². The summed E-state index contributed by atoms with van der Waals surface area (Å²) >= 11 is 0. The number of amides is 1. The zero-order chi connectivity index (χ0) is 10.6. The number of carbonyl (C=O) groups is 2. The standard InChI is InChI=1S/C10H18N2O2/c1-3-4-9(13)7-12-6-5-11(2)10(14)8-12/h3-8H2,1-2H3. The van der Waals surface area contributed by atoms with Crippen molar-refractivity contribution in [3.8, 4) is 0 Å². The monoisotopic (exact) mass is 198 g/mol. The number of Topliss-reactive ketones (excluding diaryl/α,β-unsaturated/α-hetero) is 1. The molecule has 1 fully saturated rings. The van der Waals surface area contributed by atoms with E-state index in [0.717, 1.165) is 19.5 Å². The second kappa shape index (κ2) is 5.10. The van der Waals surface area contributed by atoms with E-state index in [4.69, 9.17) is 0 Å². The Balaban J connectivity index is 2.33. The van der Waals surface area contributed by atoms with Gasteiger partial charge in [-0.05, 0) is 6.42 Å². The molecule has 1 rings (SSSR count). The molecule has 1 aliphatic rings. The Morgan fingerprint density at radius 1 is 1.43 bits per heavy atom. The molecular formula is C10H18N2O2. The van der Waals surface area contributed by atoms with Crippen LogP contribution >= 0.6 is 0 Å². The molecule has 0 bridgehead atoms. The van der Waals surface area contributed by atoms with Crippen LogP contribution in [0.1, 0.15) is 19.8 Å². The van der Waals surface area contributed by atoms with E-state index in [1.165, 1.54) is 0 Å². The Bertz CT molecular complexity index is 228. The average Bonchev–Trinajstić information content (AvgIpc) is 2.12. The summed E-state index contributed by atoms with van der Waals surface area (Å²) in [5, 5.41) is 0. The highest BCUT2D eigenvalue weighted by molar-refractivity contribution is 5.82. The minimum Gasteiger partial charge on any atom is -0.343 e. The van der Waals surface area contributed by atoms with E-state index in [9.17, 15) is 9.59 Å². The number of piperazine rings is 1. The van der Waals surface area contributed by atoms with Gasteiger partial charge in [0, 0.05) is 26.6 Å². The van der Waals surface area contributed by atoms with Crippen molar-refractivity contribution in [3.63, 3.8) is 0 Å². The van der Waals surface area contributed by atoms with Gasteiger partial charge in [-0.2, -0.15) is 0 Å². The molecule has 0 aromatic carbocycles. The lowest BCUT2D eigenvalue weighted by molar-refractivity contribution is -0.135. The third-order valence-corrected chi connectivity index (χ3v) is 2.47. The van der Waals surface area contributed by atoms with Gasteiger partial charge >= 0.3 is 0 Å². The molecule has 0 radical (unpaired) electrons. The lowest BCUT2D eigenvalue weighted by atomic mass is 10.2. The quantitative estimate of drug-likeness (QED) is 0.644. The van der Waals surface area contributed by atoms with Gasteiger partial charge in [-0.15, -0.1) is 0 Å². The molecule has 4 heteroatoms. The van der Waals surface area contributed by atoms with Crippen molar-refractivity contribution in [1.29, 1.82) is 0 Å². The Morgan fingerprint density at radius 3 is 2.71 bits per heavy atom. The van der Waals surface area contributed by atoms with Gasteiger partial charge < -0.3 is 4.90 Å². The first kappa shape index (κ1) is 11.2. The maximum absolute atomic E-state index is 11.3. The highest BCUT2D eigenvalue weighted by atomic mass is 16.2. The van der Waals surface area contributed by atoms with Gasteiger partial charge in [0.05, 0.1) is 13.1 Å². The molecule has 1 aliphatic heterocycles. The number of rotatable bonds is 4. The van der Waals surface area contributed by atoms with Crippen LogP contribution in [0.5, 0.6) is 0 Å². The van der Waals surface area contributed by atoms with Crippen LogP contribution in [0.25, 0.3) is 0 Å². The minimum atomic E-state index is 0.112. The van der Waals surface area contributed by atoms with E-state index < -0.39 is 0 Å². The summed E-state index contributed by atoms with van der Waals surface area (Å²) < 4.78 is 0. The van der Waals surface area contributed by atoms with Crippen molar-refractivity contribution in [2.45, 2.75) is 19.8 Å². The van der Waals surface area contributed by atoms with Crippen LogP contribution in [-0.4, -0.2) is 54.7 Å². The SMILES string of the molecule is CCCC(=O)CN1CCN(C)C(=O)C1. The van der Waals surface area contributed by atoms with Gasteiger partial charge in [-0.3, -0.25) is 14.5 Å². The van der Waals surface area contributed by atoms with Crippen LogP contribution in [0.2, 0.25) is 0 Å². The fourth-order valence-electron chi connectivity index (χ4n) is 1.55. The molecule has 0 saturated carbocycles. The molecule has 0 aromatic rings. The van der Waals surface area contributed by atoms with Crippen LogP contribution < -0.4 is 0 Å². The zero-order valence-corrected chi connectivity index (χ0v) is 8.95. The predicted molar refractivity (Wildman–Crippen MR) is 54.0 cm³/mol. The van der Waals surface area contributed by atoms with Crippen LogP contribution in [0.4, 0.5) is 0 Å². The van der Waals surface area contributed by atoms with E-state index >= 15 is 0 Å². The molecule has 4 nitrogen and oxygen atoms in total. The molecule has 1 amide bonds. The van der Waals surface area contributed by atoms with Gasteiger partial charge in [-0.1, -0.05) is 6.92 Å². The Kier molecular flexibility index (Phi) is 4.07. The second-order valence-electron chi connectivity index (χ2n) is 3.81. The molecule has 0 atom stereocenters. The number of nitrogens with zero attached hydrogens (tertiary/aromatic N) is 2. The Morgan fingerprint density at radius 2 is 2.14 bits per heavy atom. The molecule has 0 N–H and O–H groups in total. The normalized spacial score (nSPS) is 18.7. The molecule has 0 spiro atoms. The van der Waals surface area contributed by atoms with Gasteiger partial charge in [-0.25, -0.2) is 0 Å². The molecule has 80 valence electrons. The van der Waals surface area contributed by atoms with Gasteiger partial charge in [0.1, 0.15) is 5.78 Å². The number of carbonyl (C=O) groups excluding carboxylic acids is 2. The Hall–Kier alpha value is -0.900. The third kappa shape index (κ3) is 3.10. The van der Waals surface area contributed by atoms with Crippen LogP contribution in [0, 0.1) is 0 Å². The molecule has 0 aliphatic carbocycles. The van der Waals surface area contributed by atoms with E-state index in [2.05, 4.69) is 0 Å². The first-order valence-electron chi connectivity index (χ1n) is 5.11. The topological polar surface area (TPSA) is 40.6 Å². The van der Waals surface area contributed by atoms with Crippen molar-refractivity contribution in [2.24, 2.45) is 0 Å². The smallest absolute Gasteiger partial charge is 0.236 e.